The number of rotatable bonds is 5. The Bertz CT molecular complexity index is 724. The van der Waals surface area contributed by atoms with Crippen molar-refractivity contribution in [3.05, 3.63) is 69.3 Å². The lowest BCUT2D eigenvalue weighted by Crippen LogP contribution is -2.14. The first-order chi connectivity index (χ1) is 10.9. The van der Waals surface area contributed by atoms with E-state index in [2.05, 4.69) is 19.2 Å². The lowest BCUT2D eigenvalue weighted by atomic mass is 9.98. The molecule has 2 aromatic rings. The molecule has 0 aliphatic heterocycles. The van der Waals surface area contributed by atoms with Crippen LogP contribution >= 0.6 is 0 Å². The zero-order valence-electron chi connectivity index (χ0n) is 13.5. The highest BCUT2D eigenvalue weighted by molar-refractivity contribution is 6.07. The summed E-state index contributed by atoms with van der Waals surface area (Å²) in [4.78, 5) is 23.0. The normalized spacial score (nSPS) is 11.8. The van der Waals surface area contributed by atoms with E-state index in [1.807, 2.05) is 24.3 Å². The van der Waals surface area contributed by atoms with Crippen LogP contribution in [0.5, 0.6) is 0 Å². The minimum atomic E-state index is -0.518. The molecule has 0 heterocycles. The lowest BCUT2D eigenvalue weighted by Gasteiger charge is -2.11. The van der Waals surface area contributed by atoms with Crippen molar-refractivity contribution in [2.24, 2.45) is 0 Å². The number of hydrogen-bond donors (Lipinski definition) is 1. The second-order valence-electron chi connectivity index (χ2n) is 5.61. The van der Waals surface area contributed by atoms with Crippen molar-refractivity contribution in [1.29, 1.82) is 0 Å². The van der Waals surface area contributed by atoms with E-state index >= 15 is 0 Å². The van der Waals surface area contributed by atoms with Gasteiger partial charge in [0.05, 0.1) is 4.92 Å². The van der Waals surface area contributed by atoms with E-state index in [1.54, 1.807) is 19.1 Å². The highest BCUT2D eigenvalue weighted by atomic mass is 16.6. The molecule has 0 unspecified atom stereocenters. The van der Waals surface area contributed by atoms with E-state index in [0.29, 0.717) is 17.2 Å². The van der Waals surface area contributed by atoms with Crippen LogP contribution in [0.1, 0.15) is 47.7 Å². The van der Waals surface area contributed by atoms with E-state index in [9.17, 15) is 14.9 Å². The Labute approximate surface area is 135 Å². The first-order valence-electron chi connectivity index (χ1n) is 7.59. The number of nitrogens with zero attached hydrogens (tertiary/aromatic N) is 1. The molecule has 0 saturated heterocycles. The average molecular weight is 312 g/mol. The molecule has 23 heavy (non-hydrogen) atoms. The highest BCUT2D eigenvalue weighted by Crippen LogP contribution is 2.25. The maximum atomic E-state index is 12.4. The number of nitro benzene ring substituents is 1. The fourth-order valence-corrected chi connectivity index (χ4v) is 2.41. The first kappa shape index (κ1) is 16.7. The maximum absolute atomic E-state index is 12.4. The second kappa shape index (κ2) is 7.05. The molecule has 2 rings (SSSR count). The second-order valence-corrected chi connectivity index (χ2v) is 5.61. The monoisotopic (exact) mass is 312 g/mol. The van der Waals surface area contributed by atoms with Crippen molar-refractivity contribution in [3.63, 3.8) is 0 Å². The summed E-state index contributed by atoms with van der Waals surface area (Å²) in [6.07, 6.45) is 1.04. The summed E-state index contributed by atoms with van der Waals surface area (Å²) >= 11 is 0. The van der Waals surface area contributed by atoms with Gasteiger partial charge in [-0.2, -0.15) is 0 Å². The quantitative estimate of drug-likeness (QED) is 0.644. The molecule has 0 fully saturated rings. The standard InChI is InChI=1S/C18H20N2O3/c1-4-12(2)14-8-10-15(11-9-14)19-18(21)16-7-5-6-13(3)17(16)20(22)23/h5-12H,4H2,1-3H3,(H,19,21)/t12-/m0/s1. The van der Waals surface area contributed by atoms with Gasteiger partial charge in [0, 0.05) is 11.3 Å². The molecule has 0 aromatic heterocycles. The van der Waals surface area contributed by atoms with Gasteiger partial charge in [-0.1, -0.05) is 38.1 Å². The van der Waals surface area contributed by atoms with Crippen LogP contribution in [-0.4, -0.2) is 10.8 Å². The zero-order chi connectivity index (χ0) is 17.0. The van der Waals surface area contributed by atoms with E-state index < -0.39 is 10.8 Å². The van der Waals surface area contributed by atoms with Crippen molar-refractivity contribution in [2.45, 2.75) is 33.1 Å². The number of benzene rings is 2. The molecule has 5 heteroatoms. The van der Waals surface area contributed by atoms with Crippen molar-refractivity contribution in [1.82, 2.24) is 0 Å². The predicted molar refractivity (Wildman–Crippen MR) is 90.9 cm³/mol. The molecule has 2 aromatic carbocycles. The predicted octanol–water partition coefficient (Wildman–Crippen LogP) is 4.67. The third kappa shape index (κ3) is 3.74. The van der Waals surface area contributed by atoms with Gasteiger partial charge in [0.15, 0.2) is 0 Å². The molecule has 0 saturated carbocycles. The molecule has 0 radical (unpaired) electrons. The van der Waals surface area contributed by atoms with Gasteiger partial charge in [0.2, 0.25) is 0 Å². The number of anilines is 1. The molecular formula is C18H20N2O3. The van der Waals surface area contributed by atoms with Crippen LogP contribution in [0.4, 0.5) is 11.4 Å². The third-order valence-electron chi connectivity index (χ3n) is 4.01. The van der Waals surface area contributed by atoms with Crippen molar-refractivity contribution < 1.29 is 9.72 Å². The van der Waals surface area contributed by atoms with Crippen LogP contribution in [0.2, 0.25) is 0 Å². The van der Waals surface area contributed by atoms with E-state index in [-0.39, 0.29) is 11.3 Å². The Morgan fingerprint density at radius 3 is 2.43 bits per heavy atom. The SMILES string of the molecule is CC[C@H](C)c1ccc(NC(=O)c2cccc(C)c2[N+](=O)[O-])cc1. The fourth-order valence-electron chi connectivity index (χ4n) is 2.41. The minimum Gasteiger partial charge on any atom is -0.322 e. The first-order valence-corrected chi connectivity index (χ1v) is 7.59. The summed E-state index contributed by atoms with van der Waals surface area (Å²) in [5, 5.41) is 13.9. The number of hydrogen-bond acceptors (Lipinski definition) is 3. The summed E-state index contributed by atoms with van der Waals surface area (Å²) in [6, 6.07) is 12.3. The van der Waals surface area contributed by atoms with Crippen molar-refractivity contribution in [3.8, 4) is 0 Å². The van der Waals surface area contributed by atoms with Gasteiger partial charge in [-0.15, -0.1) is 0 Å². The molecule has 120 valence electrons. The zero-order valence-corrected chi connectivity index (χ0v) is 13.5. The molecule has 1 atom stereocenters. The number of carbonyl (C=O) groups excluding carboxylic acids is 1. The number of nitro groups is 1. The van der Waals surface area contributed by atoms with Crippen LogP contribution in [0, 0.1) is 17.0 Å². The van der Waals surface area contributed by atoms with Crippen molar-refractivity contribution >= 4 is 17.3 Å². The summed E-state index contributed by atoms with van der Waals surface area (Å²) in [7, 11) is 0. The van der Waals surface area contributed by atoms with Gasteiger partial charge in [-0.3, -0.25) is 14.9 Å². The lowest BCUT2D eigenvalue weighted by molar-refractivity contribution is -0.385. The summed E-state index contributed by atoms with van der Waals surface area (Å²) in [6.45, 7) is 5.89. The molecule has 0 bridgehead atoms. The average Bonchev–Trinajstić information content (AvgIpc) is 2.54. The van der Waals surface area contributed by atoms with Gasteiger partial charge in [0.1, 0.15) is 5.56 Å². The molecular weight excluding hydrogens is 292 g/mol. The summed E-state index contributed by atoms with van der Waals surface area (Å²) < 4.78 is 0. The molecule has 0 spiro atoms. The van der Waals surface area contributed by atoms with Crippen LogP contribution in [0.3, 0.4) is 0 Å². The van der Waals surface area contributed by atoms with Gasteiger partial charge >= 0.3 is 0 Å². The van der Waals surface area contributed by atoms with Gasteiger partial charge in [0.25, 0.3) is 11.6 Å². The number of amides is 1. The van der Waals surface area contributed by atoms with Crippen LogP contribution in [0.25, 0.3) is 0 Å². The van der Waals surface area contributed by atoms with Gasteiger partial charge in [-0.25, -0.2) is 0 Å². The topological polar surface area (TPSA) is 72.2 Å². The smallest absolute Gasteiger partial charge is 0.285 e. The molecule has 1 N–H and O–H groups in total. The summed E-state index contributed by atoms with van der Waals surface area (Å²) in [5.74, 6) is -0.0192. The van der Waals surface area contributed by atoms with Crippen LogP contribution in [-0.2, 0) is 0 Å². The van der Waals surface area contributed by atoms with Crippen LogP contribution in [0.15, 0.2) is 42.5 Å². The fraction of sp³-hybridized carbons (Fsp3) is 0.278. The number of carbonyl (C=O) groups is 1. The Balaban J connectivity index is 2.23. The third-order valence-corrected chi connectivity index (χ3v) is 4.01. The number of aryl methyl sites for hydroxylation is 1. The maximum Gasteiger partial charge on any atom is 0.285 e. The van der Waals surface area contributed by atoms with Crippen molar-refractivity contribution in [2.75, 3.05) is 5.32 Å². The van der Waals surface area contributed by atoms with E-state index in [4.69, 9.17) is 0 Å². The Hall–Kier alpha value is -2.69. The van der Waals surface area contributed by atoms with E-state index in [0.717, 1.165) is 6.42 Å². The highest BCUT2D eigenvalue weighted by Gasteiger charge is 2.22. The number of para-hydroxylation sites is 1. The van der Waals surface area contributed by atoms with Gasteiger partial charge in [-0.05, 0) is 43.0 Å². The Kier molecular flexibility index (Phi) is 5.11. The molecule has 1 amide bonds. The minimum absolute atomic E-state index is 0.0704. The number of nitrogens with one attached hydrogen (secondary N) is 1. The Morgan fingerprint density at radius 2 is 1.87 bits per heavy atom. The molecule has 0 aliphatic carbocycles. The molecule has 5 nitrogen and oxygen atoms in total. The van der Waals surface area contributed by atoms with Crippen LogP contribution < -0.4 is 5.32 Å². The molecule has 0 aliphatic rings. The largest absolute Gasteiger partial charge is 0.322 e. The summed E-state index contributed by atoms with van der Waals surface area (Å²) in [5.41, 5.74) is 2.21. The Morgan fingerprint density at radius 1 is 1.22 bits per heavy atom. The van der Waals surface area contributed by atoms with Gasteiger partial charge < -0.3 is 5.32 Å². The van der Waals surface area contributed by atoms with E-state index in [1.165, 1.54) is 11.6 Å².